The molecule has 4 rings (SSSR count). The second-order valence-electron chi connectivity index (χ2n) is 8.51. The van der Waals surface area contributed by atoms with Crippen molar-refractivity contribution in [2.75, 3.05) is 29.9 Å². The molecule has 0 spiro atoms. The van der Waals surface area contributed by atoms with Crippen molar-refractivity contribution in [3.63, 3.8) is 0 Å². The summed E-state index contributed by atoms with van der Waals surface area (Å²) in [5, 5.41) is 3.09. The highest BCUT2D eigenvalue weighted by atomic mass is 16.5. The van der Waals surface area contributed by atoms with E-state index in [9.17, 15) is 9.59 Å². The van der Waals surface area contributed by atoms with Gasteiger partial charge in [-0.25, -0.2) is 4.79 Å². The maximum atomic E-state index is 13.3. The van der Waals surface area contributed by atoms with Crippen LogP contribution in [0.4, 0.5) is 16.2 Å². The molecule has 0 radical (unpaired) electrons. The minimum Gasteiger partial charge on any atom is -0.486 e. The van der Waals surface area contributed by atoms with Gasteiger partial charge in [-0.1, -0.05) is 31.2 Å². The Hall–Kier alpha value is -3.02. The number of nitrogens with zero attached hydrogens (tertiary/aromatic N) is 2. The highest BCUT2D eigenvalue weighted by Crippen LogP contribution is 2.35. The number of para-hydroxylation sites is 2. The summed E-state index contributed by atoms with van der Waals surface area (Å²) in [7, 11) is 0. The van der Waals surface area contributed by atoms with Gasteiger partial charge in [0.2, 0.25) is 5.91 Å². The third-order valence-corrected chi connectivity index (χ3v) is 6.52. The summed E-state index contributed by atoms with van der Waals surface area (Å²) < 4.78 is 6.01. The smallest absolute Gasteiger partial charge is 0.324 e. The fourth-order valence-corrected chi connectivity index (χ4v) is 4.32. The van der Waals surface area contributed by atoms with E-state index < -0.39 is 0 Å². The standard InChI is InChI=1S/C25H31N3O3/c1-4-20-16-28(22-10-5-6-11-23(22)31-20)25(30)27-14-12-19(13-15-27)24(29)26-21-9-7-8-17(2)18(21)3/h5-11,19-20H,4,12-16H2,1-3H3,(H,26,29)/t20-/m1/s1. The van der Waals surface area contributed by atoms with E-state index in [0.29, 0.717) is 32.5 Å². The number of aryl methyl sites for hydroxylation is 1. The van der Waals surface area contributed by atoms with E-state index in [-0.39, 0.29) is 24.0 Å². The van der Waals surface area contributed by atoms with Crippen molar-refractivity contribution in [2.45, 2.75) is 46.1 Å². The predicted molar refractivity (Wildman–Crippen MR) is 123 cm³/mol. The van der Waals surface area contributed by atoms with E-state index in [1.54, 1.807) is 0 Å². The van der Waals surface area contributed by atoms with Crippen LogP contribution in [0.1, 0.15) is 37.3 Å². The number of ether oxygens (including phenoxy) is 1. The van der Waals surface area contributed by atoms with E-state index in [2.05, 4.69) is 12.2 Å². The summed E-state index contributed by atoms with van der Waals surface area (Å²) in [4.78, 5) is 29.8. The molecule has 2 aromatic rings. The number of rotatable bonds is 3. The number of benzene rings is 2. The summed E-state index contributed by atoms with van der Waals surface area (Å²) in [6.45, 7) is 7.86. The molecule has 0 aromatic heterocycles. The summed E-state index contributed by atoms with van der Waals surface area (Å²) in [6.07, 6.45) is 2.19. The summed E-state index contributed by atoms with van der Waals surface area (Å²) in [5.41, 5.74) is 3.96. The zero-order valence-electron chi connectivity index (χ0n) is 18.6. The van der Waals surface area contributed by atoms with Crippen LogP contribution in [-0.2, 0) is 4.79 Å². The van der Waals surface area contributed by atoms with Gasteiger partial charge < -0.3 is 15.0 Å². The molecule has 1 saturated heterocycles. The van der Waals surface area contributed by atoms with Crippen LogP contribution in [0.15, 0.2) is 42.5 Å². The Labute approximate surface area is 184 Å². The Bertz CT molecular complexity index is 966. The number of nitrogens with one attached hydrogen (secondary N) is 1. The van der Waals surface area contributed by atoms with Crippen molar-refractivity contribution in [3.05, 3.63) is 53.6 Å². The largest absolute Gasteiger partial charge is 0.486 e. The van der Waals surface area contributed by atoms with Gasteiger partial charge in [0.25, 0.3) is 0 Å². The molecule has 0 bridgehead atoms. The second-order valence-corrected chi connectivity index (χ2v) is 8.51. The van der Waals surface area contributed by atoms with Gasteiger partial charge in [0.15, 0.2) is 0 Å². The van der Waals surface area contributed by atoms with Crippen molar-refractivity contribution in [1.29, 1.82) is 0 Å². The molecule has 1 N–H and O–H groups in total. The van der Waals surface area contributed by atoms with Crippen LogP contribution in [0.2, 0.25) is 0 Å². The molecule has 0 saturated carbocycles. The molecule has 6 heteroatoms. The number of carbonyl (C=O) groups is 2. The Morgan fingerprint density at radius 3 is 2.55 bits per heavy atom. The Morgan fingerprint density at radius 2 is 1.81 bits per heavy atom. The lowest BCUT2D eigenvalue weighted by molar-refractivity contribution is -0.121. The molecule has 164 valence electrons. The zero-order chi connectivity index (χ0) is 22.0. The van der Waals surface area contributed by atoms with Crippen molar-refractivity contribution in [2.24, 2.45) is 5.92 Å². The number of hydrogen-bond donors (Lipinski definition) is 1. The minimum atomic E-state index is -0.0793. The van der Waals surface area contributed by atoms with Crippen LogP contribution >= 0.6 is 0 Å². The van der Waals surface area contributed by atoms with Gasteiger partial charge in [-0.3, -0.25) is 9.69 Å². The number of hydrogen-bond acceptors (Lipinski definition) is 3. The first-order chi connectivity index (χ1) is 15.0. The molecule has 0 aliphatic carbocycles. The number of fused-ring (bicyclic) bond motifs is 1. The molecular weight excluding hydrogens is 390 g/mol. The highest BCUT2D eigenvalue weighted by Gasteiger charge is 2.34. The van der Waals surface area contributed by atoms with E-state index in [4.69, 9.17) is 4.74 Å². The first-order valence-corrected chi connectivity index (χ1v) is 11.2. The van der Waals surface area contributed by atoms with E-state index in [1.165, 1.54) is 0 Å². The normalized spacial score (nSPS) is 18.9. The summed E-state index contributed by atoms with van der Waals surface area (Å²) in [5.74, 6) is 0.727. The summed E-state index contributed by atoms with van der Waals surface area (Å²) in [6, 6.07) is 13.7. The van der Waals surface area contributed by atoms with Crippen LogP contribution in [0.25, 0.3) is 0 Å². The summed E-state index contributed by atoms with van der Waals surface area (Å²) >= 11 is 0. The maximum Gasteiger partial charge on any atom is 0.324 e. The van der Waals surface area contributed by atoms with Gasteiger partial charge in [-0.2, -0.15) is 0 Å². The second kappa shape index (κ2) is 9.00. The highest BCUT2D eigenvalue weighted by molar-refractivity contribution is 5.95. The van der Waals surface area contributed by atoms with Gasteiger partial charge in [-0.15, -0.1) is 0 Å². The number of anilines is 2. The number of likely N-dealkylation sites (tertiary alicyclic amines) is 1. The molecule has 0 unspecified atom stereocenters. The van der Waals surface area contributed by atoms with Gasteiger partial charge >= 0.3 is 6.03 Å². The molecular formula is C25H31N3O3. The predicted octanol–water partition coefficient (Wildman–Crippen LogP) is 4.75. The maximum absolute atomic E-state index is 13.3. The Balaban J connectivity index is 1.39. The molecule has 3 amide bonds. The van der Waals surface area contributed by atoms with Crippen LogP contribution in [0, 0.1) is 19.8 Å². The fourth-order valence-electron chi connectivity index (χ4n) is 4.32. The Kier molecular flexibility index (Phi) is 6.16. The van der Waals surface area contributed by atoms with E-state index >= 15 is 0 Å². The average Bonchev–Trinajstić information content (AvgIpc) is 2.80. The quantitative estimate of drug-likeness (QED) is 0.778. The van der Waals surface area contributed by atoms with Crippen molar-refractivity contribution < 1.29 is 14.3 Å². The molecule has 31 heavy (non-hydrogen) atoms. The van der Waals surface area contributed by atoms with Crippen LogP contribution in [0.3, 0.4) is 0 Å². The minimum absolute atomic E-state index is 0.000245. The van der Waals surface area contributed by atoms with Crippen LogP contribution < -0.4 is 15.0 Å². The number of amides is 3. The molecule has 2 aliphatic rings. The van der Waals surface area contributed by atoms with Crippen LogP contribution in [-0.4, -0.2) is 42.6 Å². The van der Waals surface area contributed by atoms with E-state index in [1.807, 2.05) is 66.1 Å². The van der Waals surface area contributed by atoms with Crippen molar-refractivity contribution in [1.82, 2.24) is 4.90 Å². The molecule has 2 aliphatic heterocycles. The van der Waals surface area contributed by atoms with Gasteiger partial charge in [0.1, 0.15) is 11.9 Å². The van der Waals surface area contributed by atoms with E-state index in [0.717, 1.165) is 34.7 Å². The molecule has 1 atom stereocenters. The first kappa shape index (κ1) is 21.2. The lowest BCUT2D eigenvalue weighted by Crippen LogP contribution is -2.52. The number of piperidine rings is 1. The lowest BCUT2D eigenvalue weighted by Gasteiger charge is -2.39. The first-order valence-electron chi connectivity index (χ1n) is 11.2. The molecule has 1 fully saturated rings. The molecule has 6 nitrogen and oxygen atoms in total. The Morgan fingerprint density at radius 1 is 1.06 bits per heavy atom. The lowest BCUT2D eigenvalue weighted by atomic mass is 9.95. The van der Waals surface area contributed by atoms with Gasteiger partial charge in [0.05, 0.1) is 12.2 Å². The molecule has 2 aromatic carbocycles. The SMILES string of the molecule is CC[C@@H]1CN(C(=O)N2CCC(C(=O)Nc3cccc(C)c3C)CC2)c2ccccc2O1. The zero-order valence-corrected chi connectivity index (χ0v) is 18.6. The monoisotopic (exact) mass is 421 g/mol. The van der Waals surface area contributed by atoms with Crippen molar-refractivity contribution in [3.8, 4) is 5.75 Å². The topological polar surface area (TPSA) is 61.9 Å². The number of carbonyl (C=O) groups excluding carboxylic acids is 2. The molecule has 2 heterocycles. The fraction of sp³-hybridized carbons (Fsp3) is 0.440. The number of urea groups is 1. The third-order valence-electron chi connectivity index (χ3n) is 6.52. The third kappa shape index (κ3) is 4.38. The van der Waals surface area contributed by atoms with Crippen molar-refractivity contribution >= 4 is 23.3 Å². The van der Waals surface area contributed by atoms with Crippen LogP contribution in [0.5, 0.6) is 5.75 Å². The average molecular weight is 422 g/mol. The van der Waals surface area contributed by atoms with Gasteiger partial charge in [0, 0.05) is 24.7 Å². The van der Waals surface area contributed by atoms with Gasteiger partial charge in [-0.05, 0) is 62.4 Å².